The van der Waals surface area contributed by atoms with Gasteiger partial charge in [0.1, 0.15) is 6.04 Å². The Hall–Kier alpha value is -1.18. The van der Waals surface area contributed by atoms with Gasteiger partial charge in [-0.15, -0.1) is 0 Å². The summed E-state index contributed by atoms with van der Waals surface area (Å²) in [4.78, 5) is 27.3. The molecule has 7 heteroatoms. The van der Waals surface area contributed by atoms with Crippen molar-refractivity contribution in [3.63, 3.8) is 0 Å². The molecule has 2 aliphatic heterocycles. The minimum Gasteiger partial charge on any atom is -0.390 e. The zero-order chi connectivity index (χ0) is 14.5. The van der Waals surface area contributed by atoms with Gasteiger partial charge in [0, 0.05) is 33.3 Å². The first kappa shape index (κ1) is 15.2. The van der Waals surface area contributed by atoms with Gasteiger partial charge in [-0.1, -0.05) is 0 Å². The van der Waals surface area contributed by atoms with Crippen LogP contribution in [0.15, 0.2) is 0 Å². The summed E-state index contributed by atoms with van der Waals surface area (Å²) in [5.74, 6) is -0.0373. The van der Waals surface area contributed by atoms with Crippen molar-refractivity contribution in [1.29, 1.82) is 0 Å². The minimum atomic E-state index is -0.670. The number of amides is 2. The number of fused-ring (bicyclic) bond motifs is 1. The third kappa shape index (κ3) is 3.47. The predicted molar refractivity (Wildman–Crippen MR) is 72.1 cm³/mol. The van der Waals surface area contributed by atoms with E-state index in [4.69, 9.17) is 4.74 Å². The van der Waals surface area contributed by atoms with E-state index in [1.807, 2.05) is 0 Å². The van der Waals surface area contributed by atoms with Gasteiger partial charge >= 0.3 is 0 Å². The number of methoxy groups -OCH3 is 1. The second-order valence-corrected chi connectivity index (χ2v) is 5.31. The highest BCUT2D eigenvalue weighted by molar-refractivity contribution is 5.95. The van der Waals surface area contributed by atoms with Gasteiger partial charge in [-0.3, -0.25) is 9.59 Å². The maximum absolute atomic E-state index is 12.2. The first-order valence-corrected chi connectivity index (χ1v) is 7.09. The quantitative estimate of drug-likeness (QED) is 0.552. The topological polar surface area (TPSA) is 82.1 Å². The number of piperazine rings is 1. The van der Waals surface area contributed by atoms with Crippen molar-refractivity contribution in [3.8, 4) is 0 Å². The Morgan fingerprint density at radius 2 is 2.30 bits per heavy atom. The summed E-state index contributed by atoms with van der Waals surface area (Å²) in [5, 5.41) is 13.0. The molecule has 7 nitrogen and oxygen atoms in total. The molecule has 0 aromatic rings. The second kappa shape index (κ2) is 7.01. The standard InChI is InChI=1S/C13H23N3O4/c1-20-6-4-14-7-10(17)8-15-9-12(18)16-5-2-3-11(16)13(15)19/h10-11,14,17H,2-9H2,1H3. The fourth-order valence-corrected chi connectivity index (χ4v) is 2.78. The molecule has 2 saturated heterocycles. The number of hydrogen-bond donors (Lipinski definition) is 2. The van der Waals surface area contributed by atoms with Gasteiger partial charge in [0.05, 0.1) is 19.3 Å². The molecule has 2 rings (SSSR count). The summed E-state index contributed by atoms with van der Waals surface area (Å²) in [6.07, 6.45) is 0.956. The Kier molecular flexibility index (Phi) is 5.33. The SMILES string of the molecule is COCCNCC(O)CN1CC(=O)N2CCCC2C1=O. The highest BCUT2D eigenvalue weighted by Crippen LogP contribution is 2.23. The van der Waals surface area contributed by atoms with Crippen molar-refractivity contribution in [2.45, 2.75) is 25.0 Å². The van der Waals surface area contributed by atoms with Gasteiger partial charge in [0.15, 0.2) is 0 Å². The molecule has 2 fully saturated rings. The molecule has 0 aliphatic carbocycles. The number of β-amino-alcohol motifs (C(OH)–C–C–N with tert-alkyl or cyclic N) is 1. The van der Waals surface area contributed by atoms with Crippen LogP contribution < -0.4 is 5.32 Å². The van der Waals surface area contributed by atoms with Crippen LogP contribution in [0.3, 0.4) is 0 Å². The lowest BCUT2D eigenvalue weighted by Crippen LogP contribution is -2.59. The number of carbonyl (C=O) groups excluding carboxylic acids is 2. The molecular formula is C13H23N3O4. The van der Waals surface area contributed by atoms with Gasteiger partial charge < -0.3 is 25.0 Å². The van der Waals surface area contributed by atoms with Crippen LogP contribution in [-0.2, 0) is 14.3 Å². The van der Waals surface area contributed by atoms with Crippen molar-refractivity contribution in [2.24, 2.45) is 0 Å². The van der Waals surface area contributed by atoms with E-state index < -0.39 is 6.10 Å². The largest absolute Gasteiger partial charge is 0.390 e. The molecule has 0 bridgehead atoms. The number of aliphatic hydroxyl groups is 1. The Morgan fingerprint density at radius 1 is 1.50 bits per heavy atom. The molecule has 0 saturated carbocycles. The first-order chi connectivity index (χ1) is 9.63. The van der Waals surface area contributed by atoms with E-state index in [9.17, 15) is 14.7 Å². The average Bonchev–Trinajstić information content (AvgIpc) is 2.91. The number of nitrogens with zero attached hydrogens (tertiary/aromatic N) is 2. The molecule has 2 unspecified atom stereocenters. The molecule has 2 atom stereocenters. The highest BCUT2D eigenvalue weighted by atomic mass is 16.5. The molecule has 0 aromatic carbocycles. The number of rotatable bonds is 7. The van der Waals surface area contributed by atoms with Crippen LogP contribution in [-0.4, -0.2) is 85.3 Å². The van der Waals surface area contributed by atoms with E-state index in [0.717, 1.165) is 12.8 Å². The normalized spacial score (nSPS) is 24.2. The Balaban J connectivity index is 1.80. The molecule has 2 aliphatic rings. The minimum absolute atomic E-state index is 0.00774. The summed E-state index contributed by atoms with van der Waals surface area (Å²) in [5.41, 5.74) is 0. The Bertz CT molecular complexity index is 364. The fraction of sp³-hybridized carbons (Fsp3) is 0.846. The third-order valence-electron chi connectivity index (χ3n) is 3.79. The number of ether oxygens (including phenoxy) is 1. The molecule has 0 spiro atoms. The van der Waals surface area contributed by atoms with Crippen molar-refractivity contribution in [2.75, 3.05) is 46.4 Å². The van der Waals surface area contributed by atoms with Gasteiger partial charge in [-0.25, -0.2) is 0 Å². The van der Waals surface area contributed by atoms with Crippen LogP contribution in [0.2, 0.25) is 0 Å². The lowest BCUT2D eigenvalue weighted by atomic mass is 10.1. The van der Waals surface area contributed by atoms with Crippen LogP contribution in [0.5, 0.6) is 0 Å². The highest BCUT2D eigenvalue weighted by Gasteiger charge is 2.42. The van der Waals surface area contributed by atoms with E-state index in [1.165, 1.54) is 4.90 Å². The van der Waals surface area contributed by atoms with E-state index in [0.29, 0.717) is 26.2 Å². The van der Waals surface area contributed by atoms with E-state index in [1.54, 1.807) is 12.0 Å². The van der Waals surface area contributed by atoms with Gasteiger partial charge in [0.2, 0.25) is 11.8 Å². The van der Waals surface area contributed by atoms with Crippen LogP contribution >= 0.6 is 0 Å². The lowest BCUT2D eigenvalue weighted by Gasteiger charge is -2.37. The third-order valence-corrected chi connectivity index (χ3v) is 3.79. The van der Waals surface area contributed by atoms with E-state index >= 15 is 0 Å². The summed E-state index contributed by atoms with van der Waals surface area (Å²) in [6.45, 7) is 2.58. The van der Waals surface area contributed by atoms with Crippen LogP contribution in [0.25, 0.3) is 0 Å². The molecule has 2 heterocycles. The number of carbonyl (C=O) groups is 2. The Labute approximate surface area is 118 Å². The van der Waals surface area contributed by atoms with E-state index in [-0.39, 0.29) is 30.9 Å². The Morgan fingerprint density at radius 3 is 3.05 bits per heavy atom. The van der Waals surface area contributed by atoms with Crippen molar-refractivity contribution < 1.29 is 19.4 Å². The van der Waals surface area contributed by atoms with Gasteiger partial charge in [0.25, 0.3) is 0 Å². The number of aliphatic hydroxyl groups excluding tert-OH is 1. The van der Waals surface area contributed by atoms with E-state index in [2.05, 4.69) is 5.32 Å². The molecule has 114 valence electrons. The summed E-state index contributed by atoms with van der Waals surface area (Å²) < 4.78 is 4.89. The lowest BCUT2D eigenvalue weighted by molar-refractivity contribution is -0.154. The van der Waals surface area contributed by atoms with Gasteiger partial charge in [-0.05, 0) is 12.8 Å². The first-order valence-electron chi connectivity index (χ1n) is 7.09. The maximum Gasteiger partial charge on any atom is 0.245 e. The fourth-order valence-electron chi connectivity index (χ4n) is 2.78. The van der Waals surface area contributed by atoms with Gasteiger partial charge in [-0.2, -0.15) is 0 Å². The number of hydrogen-bond acceptors (Lipinski definition) is 5. The summed E-state index contributed by atoms with van der Waals surface area (Å²) in [6, 6.07) is -0.301. The zero-order valence-corrected chi connectivity index (χ0v) is 11.9. The average molecular weight is 285 g/mol. The van der Waals surface area contributed by atoms with Crippen molar-refractivity contribution in [3.05, 3.63) is 0 Å². The van der Waals surface area contributed by atoms with Crippen molar-refractivity contribution >= 4 is 11.8 Å². The van der Waals surface area contributed by atoms with Crippen molar-refractivity contribution in [1.82, 2.24) is 15.1 Å². The maximum atomic E-state index is 12.2. The molecule has 20 heavy (non-hydrogen) atoms. The van der Waals surface area contributed by atoms with Crippen LogP contribution in [0.4, 0.5) is 0 Å². The smallest absolute Gasteiger partial charge is 0.245 e. The molecule has 2 N–H and O–H groups in total. The van der Waals surface area contributed by atoms with Crippen LogP contribution in [0.1, 0.15) is 12.8 Å². The number of nitrogens with one attached hydrogen (secondary N) is 1. The summed E-state index contributed by atoms with van der Waals surface area (Å²) in [7, 11) is 1.61. The zero-order valence-electron chi connectivity index (χ0n) is 11.9. The molecular weight excluding hydrogens is 262 g/mol. The monoisotopic (exact) mass is 285 g/mol. The molecule has 2 amide bonds. The molecule has 0 aromatic heterocycles. The second-order valence-electron chi connectivity index (χ2n) is 5.31. The summed E-state index contributed by atoms with van der Waals surface area (Å²) >= 11 is 0. The predicted octanol–water partition coefficient (Wildman–Crippen LogP) is -1.58. The van der Waals surface area contributed by atoms with Crippen LogP contribution in [0, 0.1) is 0 Å². The molecule has 0 radical (unpaired) electrons.